The predicted octanol–water partition coefficient (Wildman–Crippen LogP) is 4.97. The summed E-state index contributed by atoms with van der Waals surface area (Å²) in [4.78, 5) is 15.6. The van der Waals surface area contributed by atoms with E-state index in [0.717, 1.165) is 12.3 Å². The van der Waals surface area contributed by atoms with Crippen LogP contribution in [0.4, 0.5) is 13.2 Å². The van der Waals surface area contributed by atoms with Gasteiger partial charge in [0, 0.05) is 89.8 Å². The van der Waals surface area contributed by atoms with Crippen LogP contribution in [-0.2, 0) is 15.9 Å². The SMILES string of the molecule is O=S(=O)(N[C@H]1CC2=C(c3ccn(C(F)F)n3)[C@H](c3ccc(F)cc3Cl)N=C(c3nccs3)N2C1)N1C2CCC1CC(O)(n1cc(-c3ccccn3)nn1)C2. The predicted molar refractivity (Wildman–Crippen MR) is 192 cm³/mol. The molecular formula is C34H31ClF3N11O3S2. The number of pyridine rings is 1. The Labute approximate surface area is 315 Å². The Hall–Kier alpha value is -4.53. The van der Waals surface area contributed by atoms with Crippen molar-refractivity contribution in [3.63, 3.8) is 0 Å². The summed E-state index contributed by atoms with van der Waals surface area (Å²) in [5, 5.41) is 26.8. The van der Waals surface area contributed by atoms with Crippen LogP contribution in [-0.4, -0.2) is 88.0 Å². The van der Waals surface area contributed by atoms with Crippen LogP contribution in [0.3, 0.4) is 0 Å². The molecule has 1 aromatic carbocycles. The Morgan fingerprint density at radius 3 is 2.54 bits per heavy atom. The Bertz CT molecular complexity index is 2380. The zero-order valence-electron chi connectivity index (χ0n) is 28.1. The number of amidine groups is 1. The Morgan fingerprint density at radius 2 is 1.85 bits per heavy atom. The second-order valence-corrected chi connectivity index (χ2v) is 16.6. The molecule has 20 heteroatoms. The van der Waals surface area contributed by atoms with Crippen molar-refractivity contribution < 1.29 is 26.7 Å². The average molecular weight is 798 g/mol. The number of aromatic nitrogens is 7. The first-order chi connectivity index (χ1) is 26.0. The van der Waals surface area contributed by atoms with E-state index in [-0.39, 0.29) is 36.5 Å². The largest absolute Gasteiger partial charge is 0.369 e. The smallest absolute Gasteiger partial charge is 0.333 e. The molecule has 4 atom stereocenters. The van der Waals surface area contributed by atoms with E-state index in [1.165, 1.54) is 38.5 Å². The molecule has 3 fully saturated rings. The maximum absolute atomic E-state index is 14.3. The molecule has 280 valence electrons. The van der Waals surface area contributed by atoms with Gasteiger partial charge in [0.25, 0.3) is 10.2 Å². The number of hydrogen-bond donors (Lipinski definition) is 2. The second-order valence-electron chi connectivity index (χ2n) is 13.7. The molecule has 5 aromatic rings. The van der Waals surface area contributed by atoms with E-state index in [2.05, 4.69) is 30.1 Å². The average Bonchev–Trinajstić information content (AvgIpc) is 3.98. The first kappa shape index (κ1) is 35.2. The van der Waals surface area contributed by atoms with Crippen LogP contribution in [0, 0.1) is 5.82 Å². The number of hydrogen-bond acceptors (Lipinski definition) is 11. The standard InChI is InChI=1S/C34H31ClF3N11O3S2/c35-24-13-19(36)4-7-23(24)30-29(26-8-11-47(43-26)33(37)38)28-14-20(17-46(28)31(41-30)32-40-10-12-53-32)44-54(51,52)49-21-5-6-22(49)16-34(50,15-21)48-18-27(42-45-48)25-3-1-2-9-39-25/h1-4,7-13,18,20-22,30,33,44,50H,5-6,14-17H2/t20-,21?,22?,30-,34?/m0/s1. The third-order valence-electron chi connectivity index (χ3n) is 10.3. The summed E-state index contributed by atoms with van der Waals surface area (Å²) in [6, 6.07) is 8.14. The highest BCUT2D eigenvalue weighted by Crippen LogP contribution is 2.48. The molecule has 4 aliphatic heterocycles. The van der Waals surface area contributed by atoms with E-state index in [1.807, 2.05) is 11.0 Å². The van der Waals surface area contributed by atoms with E-state index in [4.69, 9.17) is 16.6 Å². The highest BCUT2D eigenvalue weighted by Gasteiger charge is 2.54. The summed E-state index contributed by atoms with van der Waals surface area (Å²) in [6.45, 7) is -2.75. The lowest BCUT2D eigenvalue weighted by Crippen LogP contribution is -2.58. The van der Waals surface area contributed by atoms with Crippen LogP contribution in [0.15, 0.2) is 83.3 Å². The van der Waals surface area contributed by atoms with Gasteiger partial charge in [-0.1, -0.05) is 28.9 Å². The van der Waals surface area contributed by atoms with Gasteiger partial charge < -0.3 is 10.0 Å². The van der Waals surface area contributed by atoms with Gasteiger partial charge in [-0.15, -0.1) is 16.4 Å². The molecule has 9 rings (SSSR count). The lowest BCUT2D eigenvalue weighted by Gasteiger charge is -2.42. The van der Waals surface area contributed by atoms with Crippen molar-refractivity contribution in [2.75, 3.05) is 6.54 Å². The van der Waals surface area contributed by atoms with Crippen LogP contribution in [0.25, 0.3) is 17.0 Å². The summed E-state index contributed by atoms with van der Waals surface area (Å²) in [6.07, 6.45) is 7.51. The Morgan fingerprint density at radius 1 is 1.04 bits per heavy atom. The number of benzene rings is 1. The minimum atomic E-state index is -4.12. The quantitative estimate of drug-likeness (QED) is 0.210. The van der Waals surface area contributed by atoms with Gasteiger partial charge in [0.15, 0.2) is 16.6 Å². The van der Waals surface area contributed by atoms with E-state index >= 15 is 0 Å². The molecule has 2 unspecified atom stereocenters. The molecule has 14 nitrogen and oxygen atoms in total. The van der Waals surface area contributed by atoms with Crippen molar-refractivity contribution in [1.29, 1.82) is 0 Å². The molecular weight excluding hydrogens is 767 g/mol. The fraction of sp³-hybridized carbons (Fsp3) is 0.353. The second kappa shape index (κ2) is 13.3. The topological polar surface area (TPSA) is 160 Å². The van der Waals surface area contributed by atoms with Crippen molar-refractivity contribution in [1.82, 2.24) is 48.7 Å². The normalized spacial score (nSPS) is 25.8. The summed E-state index contributed by atoms with van der Waals surface area (Å²) < 4.78 is 76.7. The molecule has 0 spiro atoms. The number of nitrogens with zero attached hydrogens (tertiary/aromatic N) is 10. The van der Waals surface area contributed by atoms with Crippen LogP contribution < -0.4 is 4.72 Å². The molecule has 3 saturated heterocycles. The third-order valence-corrected chi connectivity index (χ3v) is 13.2. The number of halogens is 4. The van der Waals surface area contributed by atoms with Gasteiger partial charge in [0.2, 0.25) is 0 Å². The van der Waals surface area contributed by atoms with Gasteiger partial charge in [-0.3, -0.25) is 9.98 Å². The van der Waals surface area contributed by atoms with Crippen molar-refractivity contribution in [3.8, 4) is 11.4 Å². The molecule has 8 heterocycles. The first-order valence-corrected chi connectivity index (χ1v) is 19.8. The maximum Gasteiger partial charge on any atom is 0.333 e. The molecule has 0 radical (unpaired) electrons. The summed E-state index contributed by atoms with van der Waals surface area (Å²) in [7, 11) is -4.12. The molecule has 54 heavy (non-hydrogen) atoms. The molecule has 4 aliphatic rings. The minimum absolute atomic E-state index is 0.0803. The van der Waals surface area contributed by atoms with Gasteiger partial charge in [-0.2, -0.15) is 31.3 Å². The molecule has 0 aliphatic carbocycles. The maximum atomic E-state index is 14.3. The number of rotatable bonds is 9. The summed E-state index contributed by atoms with van der Waals surface area (Å²) >= 11 is 7.91. The number of piperidine rings is 1. The van der Waals surface area contributed by atoms with E-state index in [1.54, 1.807) is 36.1 Å². The van der Waals surface area contributed by atoms with Crippen LogP contribution in [0.2, 0.25) is 5.02 Å². The number of nitrogens with one attached hydrogen (secondary N) is 1. The van der Waals surface area contributed by atoms with Crippen LogP contribution in [0.5, 0.6) is 0 Å². The monoisotopic (exact) mass is 797 g/mol. The Balaban J connectivity index is 1.03. The Kier molecular flexibility index (Phi) is 8.70. The zero-order valence-corrected chi connectivity index (χ0v) is 30.5. The fourth-order valence-electron chi connectivity index (χ4n) is 8.14. The highest BCUT2D eigenvalue weighted by atomic mass is 35.5. The highest BCUT2D eigenvalue weighted by molar-refractivity contribution is 7.87. The lowest BCUT2D eigenvalue weighted by atomic mass is 9.92. The van der Waals surface area contributed by atoms with Gasteiger partial charge >= 0.3 is 6.55 Å². The summed E-state index contributed by atoms with van der Waals surface area (Å²) in [5.41, 5.74) is 1.28. The van der Waals surface area contributed by atoms with Crippen molar-refractivity contribution >= 4 is 44.6 Å². The minimum Gasteiger partial charge on any atom is -0.369 e. The molecule has 2 bridgehead atoms. The molecule has 0 saturated carbocycles. The van der Waals surface area contributed by atoms with Gasteiger partial charge in [0.05, 0.1) is 17.6 Å². The molecule has 2 N–H and O–H groups in total. The number of alkyl halides is 2. The van der Waals surface area contributed by atoms with E-state index < -0.39 is 52.5 Å². The van der Waals surface area contributed by atoms with Crippen molar-refractivity contribution in [2.45, 2.75) is 68.5 Å². The van der Waals surface area contributed by atoms with Gasteiger partial charge in [-0.05, 0) is 43.2 Å². The number of aliphatic imine (C=N–C) groups is 1. The van der Waals surface area contributed by atoms with Gasteiger partial charge in [0.1, 0.15) is 17.6 Å². The van der Waals surface area contributed by atoms with E-state index in [0.29, 0.717) is 56.6 Å². The van der Waals surface area contributed by atoms with Crippen LogP contribution >= 0.6 is 22.9 Å². The summed E-state index contributed by atoms with van der Waals surface area (Å²) in [5.74, 6) is -0.123. The fourth-order valence-corrected chi connectivity index (χ4v) is 10.9. The zero-order chi connectivity index (χ0) is 37.4. The first-order valence-electron chi connectivity index (χ1n) is 17.1. The number of thiazole rings is 1. The molecule has 0 amide bonds. The van der Waals surface area contributed by atoms with Gasteiger partial charge in [-0.25, -0.2) is 18.7 Å². The van der Waals surface area contributed by atoms with E-state index in [9.17, 15) is 26.7 Å². The third kappa shape index (κ3) is 6.12. The van der Waals surface area contributed by atoms with Crippen molar-refractivity contribution in [3.05, 3.63) is 105 Å². The van der Waals surface area contributed by atoms with Crippen molar-refractivity contribution in [2.24, 2.45) is 4.99 Å². The number of fused-ring (bicyclic) bond motifs is 3. The van der Waals surface area contributed by atoms with Crippen LogP contribution in [0.1, 0.15) is 61.0 Å². The molecule has 4 aromatic heterocycles. The number of aliphatic hydroxyl groups is 1. The lowest BCUT2D eigenvalue weighted by molar-refractivity contribution is -0.105.